The van der Waals surface area contributed by atoms with Crippen molar-refractivity contribution in [2.24, 2.45) is 0 Å². The van der Waals surface area contributed by atoms with Crippen LogP contribution in [0.4, 0.5) is 0 Å². The van der Waals surface area contributed by atoms with E-state index in [1.807, 2.05) is 12.1 Å². The number of hydrogen-bond acceptors (Lipinski definition) is 6. The van der Waals surface area contributed by atoms with Gasteiger partial charge in [0.15, 0.2) is 0 Å². The van der Waals surface area contributed by atoms with Crippen LogP contribution in [0.3, 0.4) is 0 Å². The second kappa shape index (κ2) is 6.45. The van der Waals surface area contributed by atoms with Crippen LogP contribution >= 0.6 is 0 Å². The fraction of sp³-hybridized carbons (Fsp3) is 0.474. The van der Waals surface area contributed by atoms with Crippen LogP contribution < -0.4 is 5.32 Å². The molecule has 0 spiro atoms. The molecule has 1 aromatic heterocycles. The molecule has 1 saturated carbocycles. The molecule has 3 fully saturated rings. The van der Waals surface area contributed by atoms with Gasteiger partial charge in [-0.15, -0.1) is 0 Å². The van der Waals surface area contributed by atoms with Gasteiger partial charge in [-0.25, -0.2) is 0 Å². The van der Waals surface area contributed by atoms with Crippen LogP contribution in [0.15, 0.2) is 28.8 Å². The Morgan fingerprint density at radius 2 is 1.96 bits per heavy atom. The molecule has 2 saturated heterocycles. The van der Waals surface area contributed by atoms with Crippen LogP contribution in [0.2, 0.25) is 0 Å². The third-order valence-corrected chi connectivity index (χ3v) is 5.54. The number of amides is 2. The number of benzene rings is 1. The second-order valence-corrected chi connectivity index (χ2v) is 7.40. The molecule has 3 heterocycles. The number of aromatic nitrogens is 2. The Balaban J connectivity index is 1.29. The van der Waals surface area contributed by atoms with E-state index in [1.54, 1.807) is 17.0 Å². The maximum atomic E-state index is 12.9. The molecule has 140 valence electrons. The van der Waals surface area contributed by atoms with Crippen molar-refractivity contribution >= 4 is 11.8 Å². The van der Waals surface area contributed by atoms with Crippen molar-refractivity contribution in [2.45, 2.75) is 24.8 Å². The summed E-state index contributed by atoms with van der Waals surface area (Å²) in [5.41, 5.74) is 1.44. The van der Waals surface area contributed by atoms with E-state index in [0.29, 0.717) is 42.8 Å². The lowest BCUT2D eigenvalue weighted by Gasteiger charge is -2.43. The zero-order chi connectivity index (χ0) is 18.4. The van der Waals surface area contributed by atoms with Crippen LogP contribution in [0.25, 0.3) is 11.4 Å². The molecule has 1 N–H and O–H groups in total. The molecule has 1 aliphatic carbocycles. The van der Waals surface area contributed by atoms with Crippen molar-refractivity contribution < 1.29 is 14.1 Å². The first-order valence-corrected chi connectivity index (χ1v) is 9.44. The van der Waals surface area contributed by atoms with Crippen LogP contribution in [-0.2, 0) is 4.79 Å². The molecule has 2 amide bonds. The standard InChI is InChI=1S/C19H21N5O3/c25-17-15-11-24(10-9-23(15)8-7-20-17)19(26)14-5-1-12(2-6-14)16-21-18(27-22-16)13-3-4-13/h1-2,5-6,13,15H,3-4,7-11H2,(H,20,25). The maximum absolute atomic E-state index is 12.9. The molecule has 3 aliphatic rings. The number of nitrogens with one attached hydrogen (secondary N) is 1. The minimum atomic E-state index is -0.240. The molecule has 0 bridgehead atoms. The van der Waals surface area contributed by atoms with E-state index in [0.717, 1.165) is 31.5 Å². The molecule has 1 atom stereocenters. The van der Waals surface area contributed by atoms with E-state index < -0.39 is 0 Å². The Bertz CT molecular complexity index is 874. The SMILES string of the molecule is O=C1NCCN2CCN(C(=O)c3ccc(-c4noc(C5CC5)n4)cc3)CC12. The minimum absolute atomic E-state index is 0.0117. The summed E-state index contributed by atoms with van der Waals surface area (Å²) in [6.45, 7) is 3.33. The summed E-state index contributed by atoms with van der Waals surface area (Å²) in [5.74, 6) is 1.64. The monoisotopic (exact) mass is 367 g/mol. The minimum Gasteiger partial charge on any atom is -0.353 e. The van der Waals surface area contributed by atoms with Gasteiger partial charge in [0.2, 0.25) is 17.6 Å². The van der Waals surface area contributed by atoms with Gasteiger partial charge in [0, 0.05) is 49.8 Å². The van der Waals surface area contributed by atoms with E-state index in [2.05, 4.69) is 20.4 Å². The van der Waals surface area contributed by atoms with Gasteiger partial charge < -0.3 is 14.7 Å². The third kappa shape index (κ3) is 3.10. The highest BCUT2D eigenvalue weighted by atomic mass is 16.5. The van der Waals surface area contributed by atoms with Gasteiger partial charge in [0.1, 0.15) is 6.04 Å². The van der Waals surface area contributed by atoms with Crippen molar-refractivity contribution in [2.75, 3.05) is 32.7 Å². The molecule has 8 heteroatoms. The fourth-order valence-corrected chi connectivity index (χ4v) is 3.75. The summed E-state index contributed by atoms with van der Waals surface area (Å²) < 4.78 is 5.30. The Hall–Kier alpha value is -2.74. The van der Waals surface area contributed by atoms with Crippen LogP contribution in [0.5, 0.6) is 0 Å². The largest absolute Gasteiger partial charge is 0.353 e. The van der Waals surface area contributed by atoms with Gasteiger partial charge in [0.05, 0.1) is 0 Å². The van der Waals surface area contributed by atoms with Crippen LogP contribution in [0, 0.1) is 0 Å². The topological polar surface area (TPSA) is 91.6 Å². The number of nitrogens with zero attached hydrogens (tertiary/aromatic N) is 4. The van der Waals surface area contributed by atoms with E-state index in [1.165, 1.54) is 0 Å². The van der Waals surface area contributed by atoms with Gasteiger partial charge in [-0.1, -0.05) is 17.3 Å². The third-order valence-electron chi connectivity index (χ3n) is 5.54. The van der Waals surface area contributed by atoms with E-state index in [-0.39, 0.29) is 17.9 Å². The molecular weight excluding hydrogens is 346 g/mol. The van der Waals surface area contributed by atoms with Gasteiger partial charge in [-0.05, 0) is 25.0 Å². The van der Waals surface area contributed by atoms with Crippen molar-refractivity contribution in [3.63, 3.8) is 0 Å². The molecule has 1 aromatic carbocycles. The smallest absolute Gasteiger partial charge is 0.253 e. The van der Waals surface area contributed by atoms with E-state index in [9.17, 15) is 9.59 Å². The lowest BCUT2D eigenvalue weighted by atomic mass is 10.1. The Morgan fingerprint density at radius 3 is 2.74 bits per heavy atom. The number of piperazine rings is 2. The summed E-state index contributed by atoms with van der Waals surface area (Å²) >= 11 is 0. The predicted octanol–water partition coefficient (Wildman–Crippen LogP) is 0.870. The first-order valence-electron chi connectivity index (χ1n) is 9.44. The molecule has 2 aromatic rings. The highest BCUT2D eigenvalue weighted by molar-refractivity contribution is 5.95. The summed E-state index contributed by atoms with van der Waals surface area (Å²) in [4.78, 5) is 33.3. The van der Waals surface area contributed by atoms with E-state index in [4.69, 9.17) is 4.52 Å². The van der Waals surface area contributed by atoms with Crippen molar-refractivity contribution in [3.8, 4) is 11.4 Å². The zero-order valence-electron chi connectivity index (χ0n) is 14.9. The van der Waals surface area contributed by atoms with Gasteiger partial charge in [0.25, 0.3) is 5.91 Å². The average Bonchev–Trinajstić information content (AvgIpc) is 3.44. The van der Waals surface area contributed by atoms with Crippen LogP contribution in [0.1, 0.15) is 35.0 Å². The quantitative estimate of drug-likeness (QED) is 0.866. The van der Waals surface area contributed by atoms with Gasteiger partial charge >= 0.3 is 0 Å². The lowest BCUT2D eigenvalue weighted by Crippen LogP contribution is -2.64. The molecule has 8 nitrogen and oxygen atoms in total. The Kier molecular flexibility index (Phi) is 3.93. The molecule has 27 heavy (non-hydrogen) atoms. The zero-order valence-corrected chi connectivity index (χ0v) is 14.9. The van der Waals surface area contributed by atoms with Gasteiger partial charge in [-0.3, -0.25) is 14.5 Å². The number of hydrogen-bond donors (Lipinski definition) is 1. The van der Waals surface area contributed by atoms with Crippen molar-refractivity contribution in [1.82, 2.24) is 25.3 Å². The Labute approximate surface area is 156 Å². The number of carbonyl (C=O) groups is 2. The predicted molar refractivity (Wildman–Crippen MR) is 96.0 cm³/mol. The summed E-state index contributed by atoms with van der Waals surface area (Å²) in [6.07, 6.45) is 2.22. The lowest BCUT2D eigenvalue weighted by molar-refractivity contribution is -0.131. The van der Waals surface area contributed by atoms with Crippen LogP contribution in [-0.4, -0.2) is 70.5 Å². The summed E-state index contributed by atoms with van der Waals surface area (Å²) in [6, 6.07) is 7.03. The highest BCUT2D eigenvalue weighted by Gasteiger charge is 2.36. The molecule has 2 aliphatic heterocycles. The average molecular weight is 367 g/mol. The fourth-order valence-electron chi connectivity index (χ4n) is 3.75. The van der Waals surface area contributed by atoms with E-state index >= 15 is 0 Å². The number of rotatable bonds is 3. The normalized spacial score (nSPS) is 23.0. The molecule has 1 unspecified atom stereocenters. The van der Waals surface area contributed by atoms with Crippen molar-refractivity contribution in [3.05, 3.63) is 35.7 Å². The van der Waals surface area contributed by atoms with Crippen molar-refractivity contribution in [1.29, 1.82) is 0 Å². The molecular formula is C19H21N5O3. The first kappa shape index (κ1) is 16.4. The number of fused-ring (bicyclic) bond motifs is 1. The molecule has 0 radical (unpaired) electrons. The number of carbonyl (C=O) groups excluding carboxylic acids is 2. The first-order chi connectivity index (χ1) is 13.2. The maximum Gasteiger partial charge on any atom is 0.253 e. The molecule has 5 rings (SSSR count). The van der Waals surface area contributed by atoms with Gasteiger partial charge in [-0.2, -0.15) is 4.98 Å². The highest BCUT2D eigenvalue weighted by Crippen LogP contribution is 2.39. The summed E-state index contributed by atoms with van der Waals surface area (Å²) in [7, 11) is 0. The summed E-state index contributed by atoms with van der Waals surface area (Å²) in [5, 5.41) is 6.91. The Morgan fingerprint density at radius 1 is 1.15 bits per heavy atom. The second-order valence-electron chi connectivity index (χ2n) is 7.40.